The lowest BCUT2D eigenvalue weighted by Crippen LogP contribution is -2.60. The Morgan fingerprint density at radius 1 is 1.03 bits per heavy atom. The molecule has 0 amide bonds. The van der Waals surface area contributed by atoms with Crippen molar-refractivity contribution in [3.05, 3.63) is 0 Å². The number of alkyl halides is 1. The third kappa shape index (κ3) is 4.52. The van der Waals surface area contributed by atoms with Crippen molar-refractivity contribution in [1.29, 1.82) is 0 Å². The summed E-state index contributed by atoms with van der Waals surface area (Å²) >= 11 is 0. The summed E-state index contributed by atoms with van der Waals surface area (Å²) in [4.78, 5) is 11.5. The Balaban J connectivity index is 1.50. The number of fused-ring (bicyclic) bond motifs is 5. The zero-order valence-corrected chi connectivity index (χ0v) is 22.0. The zero-order valence-electron chi connectivity index (χ0n) is 22.0. The molecule has 0 spiro atoms. The number of esters is 1. The maximum Gasteiger partial charge on any atom is 0.303 e. The van der Waals surface area contributed by atoms with Gasteiger partial charge >= 0.3 is 5.97 Å². The molecule has 3 nitrogen and oxygen atoms in total. The van der Waals surface area contributed by atoms with Crippen LogP contribution < -0.4 is 0 Å². The predicted molar refractivity (Wildman–Crippen MR) is 130 cm³/mol. The molecule has 4 aliphatic carbocycles. The molecule has 0 aromatic rings. The fourth-order valence-electron chi connectivity index (χ4n) is 9.63. The number of aliphatic hydroxyl groups is 1. The third-order valence-corrected chi connectivity index (χ3v) is 11.2. The predicted octanol–water partition coefficient (Wildman–Crippen LogP) is 6.96. The topological polar surface area (TPSA) is 46.5 Å². The highest BCUT2D eigenvalue weighted by molar-refractivity contribution is 5.66. The number of carbonyl (C=O) groups excluding carboxylic acids is 1. The Morgan fingerprint density at radius 3 is 2.39 bits per heavy atom. The van der Waals surface area contributed by atoms with Gasteiger partial charge in [-0.05, 0) is 97.2 Å². The summed E-state index contributed by atoms with van der Waals surface area (Å²) < 4.78 is 20.6. The highest BCUT2D eigenvalue weighted by atomic mass is 19.1. The van der Waals surface area contributed by atoms with E-state index in [1.165, 1.54) is 45.4 Å². The summed E-state index contributed by atoms with van der Waals surface area (Å²) in [5, 5.41) is 11.3. The summed E-state index contributed by atoms with van der Waals surface area (Å²) in [5.41, 5.74) is 0.173. The van der Waals surface area contributed by atoms with Gasteiger partial charge in [-0.1, -0.05) is 53.9 Å². The minimum atomic E-state index is -1.12. The highest BCUT2D eigenvalue weighted by Gasteiger charge is 2.63. The molecular weight excluding hydrogens is 415 g/mol. The monoisotopic (exact) mass is 464 g/mol. The van der Waals surface area contributed by atoms with Gasteiger partial charge in [0.25, 0.3) is 0 Å². The van der Waals surface area contributed by atoms with E-state index in [2.05, 4.69) is 34.6 Å². The molecule has 0 radical (unpaired) electrons. The van der Waals surface area contributed by atoms with Crippen LogP contribution in [0.4, 0.5) is 4.39 Å². The van der Waals surface area contributed by atoms with Crippen molar-refractivity contribution >= 4 is 5.97 Å². The first-order chi connectivity index (χ1) is 15.5. The van der Waals surface area contributed by atoms with Crippen LogP contribution in [0.5, 0.6) is 0 Å². The molecule has 1 N–H and O–H groups in total. The second kappa shape index (κ2) is 9.43. The summed E-state index contributed by atoms with van der Waals surface area (Å²) in [7, 11) is 0. The fraction of sp³-hybridized carbons (Fsp3) is 0.966. The average molecular weight is 465 g/mol. The van der Waals surface area contributed by atoms with Crippen molar-refractivity contribution in [2.75, 3.05) is 0 Å². The quantitative estimate of drug-likeness (QED) is 0.432. The van der Waals surface area contributed by atoms with Gasteiger partial charge in [0.1, 0.15) is 12.3 Å². The Bertz CT molecular complexity index is 709. The maximum absolute atomic E-state index is 15.2. The van der Waals surface area contributed by atoms with Crippen molar-refractivity contribution < 1.29 is 19.0 Å². The second-order valence-electron chi connectivity index (χ2n) is 13.4. The molecule has 4 aliphatic rings. The van der Waals surface area contributed by atoms with E-state index in [1.807, 2.05) is 0 Å². The van der Waals surface area contributed by atoms with Crippen LogP contribution in [0.25, 0.3) is 0 Å². The highest BCUT2D eigenvalue weighted by Crippen LogP contribution is 2.68. The van der Waals surface area contributed by atoms with Gasteiger partial charge in [-0.2, -0.15) is 0 Å². The van der Waals surface area contributed by atoms with Crippen LogP contribution >= 0.6 is 0 Å². The molecule has 4 saturated carbocycles. The van der Waals surface area contributed by atoms with Crippen LogP contribution in [0, 0.1) is 52.3 Å². The molecule has 0 heterocycles. The van der Waals surface area contributed by atoms with Gasteiger partial charge in [-0.15, -0.1) is 0 Å². The van der Waals surface area contributed by atoms with Crippen LogP contribution in [-0.4, -0.2) is 29.5 Å². The van der Waals surface area contributed by atoms with Crippen LogP contribution in [0.3, 0.4) is 0 Å². The molecule has 0 aliphatic heterocycles. The van der Waals surface area contributed by atoms with Gasteiger partial charge < -0.3 is 9.84 Å². The molecule has 4 heteroatoms. The van der Waals surface area contributed by atoms with E-state index in [-0.39, 0.29) is 11.3 Å². The number of hydrogen-bond donors (Lipinski definition) is 1. The SMILES string of the molecule is CC(=O)O[C@@H]1CC2[C@H](O)C[C@H]3[C@@H]4CC[C@H]([C@H](C)CCCC(C)C)[C@@]4(C)CC[C@@H]3[C@@]2(C)C[C@H]1F. The number of carbonyl (C=O) groups is 1. The molecule has 11 atom stereocenters. The lowest BCUT2D eigenvalue weighted by atomic mass is 9.43. The standard InChI is InChI=1S/C29H49FO3/c1-17(2)8-7-9-18(3)21-10-11-22-20-14-26(32)24-15-27(33-19(4)31)25(30)16-29(24,6)23(20)12-13-28(21,22)5/h17-18,20-27,32H,7-16H2,1-6H3/t18-,20+,21-,22+,23+,24?,25-,26-,27-,28-,29-/m1/s1. The van der Waals surface area contributed by atoms with E-state index in [4.69, 9.17) is 4.74 Å². The van der Waals surface area contributed by atoms with E-state index in [0.29, 0.717) is 36.0 Å². The molecular formula is C29H49FO3. The van der Waals surface area contributed by atoms with E-state index in [9.17, 15) is 9.90 Å². The van der Waals surface area contributed by atoms with Gasteiger partial charge in [-0.3, -0.25) is 4.79 Å². The van der Waals surface area contributed by atoms with Crippen LogP contribution in [0.2, 0.25) is 0 Å². The van der Waals surface area contributed by atoms with Crippen LogP contribution in [0.15, 0.2) is 0 Å². The minimum absolute atomic E-state index is 0.0339. The number of aliphatic hydroxyl groups excluding tert-OH is 1. The third-order valence-electron chi connectivity index (χ3n) is 11.2. The average Bonchev–Trinajstić information content (AvgIpc) is 3.06. The number of halogens is 1. The van der Waals surface area contributed by atoms with Crippen molar-refractivity contribution in [3.63, 3.8) is 0 Å². The normalized spacial score (nSPS) is 48.0. The number of rotatable bonds is 6. The summed E-state index contributed by atoms with van der Waals surface area (Å²) in [6.07, 6.45) is 8.54. The molecule has 0 bridgehead atoms. The Hall–Kier alpha value is -0.640. The van der Waals surface area contributed by atoms with Gasteiger partial charge in [0.05, 0.1) is 6.10 Å². The lowest BCUT2D eigenvalue weighted by Gasteiger charge is -2.62. The largest absolute Gasteiger partial charge is 0.459 e. The fourth-order valence-corrected chi connectivity index (χ4v) is 9.63. The second-order valence-corrected chi connectivity index (χ2v) is 13.4. The summed E-state index contributed by atoms with van der Waals surface area (Å²) in [5.74, 6) is 3.60. The molecule has 190 valence electrons. The molecule has 0 aromatic heterocycles. The number of ether oxygens (including phenoxy) is 1. The molecule has 0 saturated heterocycles. The lowest BCUT2D eigenvalue weighted by molar-refractivity contribution is -0.196. The molecule has 33 heavy (non-hydrogen) atoms. The Morgan fingerprint density at radius 2 is 1.73 bits per heavy atom. The van der Waals surface area contributed by atoms with Gasteiger partial charge in [0.2, 0.25) is 0 Å². The molecule has 1 unspecified atom stereocenters. The van der Waals surface area contributed by atoms with Gasteiger partial charge in [-0.25, -0.2) is 4.39 Å². The first-order valence-corrected chi connectivity index (χ1v) is 14.0. The number of hydrogen-bond acceptors (Lipinski definition) is 3. The van der Waals surface area contributed by atoms with E-state index < -0.39 is 24.3 Å². The molecule has 0 aromatic carbocycles. The zero-order chi connectivity index (χ0) is 24.1. The van der Waals surface area contributed by atoms with E-state index in [1.54, 1.807) is 0 Å². The van der Waals surface area contributed by atoms with Crippen molar-refractivity contribution in [2.24, 2.45) is 52.3 Å². The summed E-state index contributed by atoms with van der Waals surface area (Å²) in [6.45, 7) is 13.3. The molecule has 4 fully saturated rings. The first kappa shape index (κ1) is 25.5. The van der Waals surface area contributed by atoms with Gasteiger partial charge in [0.15, 0.2) is 0 Å². The maximum atomic E-state index is 15.2. The Kier molecular flexibility index (Phi) is 7.27. The van der Waals surface area contributed by atoms with Crippen molar-refractivity contribution in [2.45, 2.75) is 124 Å². The van der Waals surface area contributed by atoms with Gasteiger partial charge in [0, 0.05) is 6.92 Å². The van der Waals surface area contributed by atoms with Crippen LogP contribution in [0.1, 0.15) is 106 Å². The summed E-state index contributed by atoms with van der Waals surface area (Å²) in [6, 6.07) is 0. The van der Waals surface area contributed by atoms with E-state index >= 15 is 4.39 Å². The smallest absolute Gasteiger partial charge is 0.303 e. The van der Waals surface area contributed by atoms with Crippen molar-refractivity contribution in [1.82, 2.24) is 0 Å². The first-order valence-electron chi connectivity index (χ1n) is 14.0. The Labute approximate surface area is 201 Å². The minimum Gasteiger partial charge on any atom is -0.459 e. The van der Waals surface area contributed by atoms with Crippen LogP contribution in [-0.2, 0) is 9.53 Å². The van der Waals surface area contributed by atoms with Crippen molar-refractivity contribution in [3.8, 4) is 0 Å². The van der Waals surface area contributed by atoms with E-state index in [0.717, 1.165) is 30.6 Å². The molecule has 4 rings (SSSR count).